The number of likely N-dealkylation sites (N-methyl/N-ethyl adjacent to an activating group) is 1. The Morgan fingerprint density at radius 3 is 2.67 bits per heavy atom. The zero-order valence-electron chi connectivity index (χ0n) is 14.3. The first-order chi connectivity index (χ1) is 12.7. The minimum atomic E-state index is -4.78. The van der Waals surface area contributed by atoms with Crippen LogP contribution in [0.15, 0.2) is 18.2 Å². The number of rotatable bonds is 6. The SMILES string of the molecule is CNCC(=O)NC1(C(=O)Nc2nc3ccc(OC(F)(F)F)cc3s2)CCC1. The lowest BCUT2D eigenvalue weighted by Crippen LogP contribution is -2.62. The van der Waals surface area contributed by atoms with Crippen molar-refractivity contribution in [1.29, 1.82) is 0 Å². The molecule has 0 radical (unpaired) electrons. The van der Waals surface area contributed by atoms with Crippen molar-refractivity contribution in [1.82, 2.24) is 15.6 Å². The number of hydrogen-bond donors (Lipinski definition) is 3. The number of alkyl halides is 3. The molecule has 1 heterocycles. The predicted molar refractivity (Wildman–Crippen MR) is 93.6 cm³/mol. The first kappa shape index (κ1) is 19.4. The summed E-state index contributed by atoms with van der Waals surface area (Å²) in [6, 6.07) is 3.76. The Balaban J connectivity index is 1.73. The Labute approximate surface area is 156 Å². The Morgan fingerprint density at radius 2 is 2.07 bits per heavy atom. The third-order valence-electron chi connectivity index (χ3n) is 4.17. The number of nitrogens with one attached hydrogen (secondary N) is 3. The molecule has 1 aliphatic rings. The van der Waals surface area contributed by atoms with E-state index in [9.17, 15) is 22.8 Å². The van der Waals surface area contributed by atoms with Gasteiger partial charge in [0.05, 0.1) is 16.8 Å². The van der Waals surface area contributed by atoms with Crippen LogP contribution in [0.5, 0.6) is 5.75 Å². The summed E-state index contributed by atoms with van der Waals surface area (Å²) in [5.74, 6) is -1.03. The van der Waals surface area contributed by atoms with Crippen molar-refractivity contribution >= 4 is 38.5 Å². The fourth-order valence-corrected chi connectivity index (χ4v) is 3.67. The van der Waals surface area contributed by atoms with E-state index in [2.05, 4.69) is 25.7 Å². The summed E-state index contributed by atoms with van der Waals surface area (Å²) < 4.78 is 41.3. The molecule has 0 aliphatic heterocycles. The van der Waals surface area contributed by atoms with Gasteiger partial charge in [-0.3, -0.25) is 14.9 Å². The summed E-state index contributed by atoms with van der Waals surface area (Å²) in [7, 11) is 1.63. The number of halogens is 3. The average molecular weight is 402 g/mol. The van der Waals surface area contributed by atoms with Crippen molar-refractivity contribution in [2.45, 2.75) is 31.2 Å². The molecule has 0 atom stereocenters. The van der Waals surface area contributed by atoms with Gasteiger partial charge in [0.15, 0.2) is 5.13 Å². The molecular weight excluding hydrogens is 385 g/mol. The van der Waals surface area contributed by atoms with Gasteiger partial charge in [0.2, 0.25) is 5.91 Å². The number of fused-ring (bicyclic) bond motifs is 1. The Kier molecular flexibility index (Phi) is 5.24. The van der Waals surface area contributed by atoms with E-state index in [1.165, 1.54) is 12.1 Å². The number of benzene rings is 1. The summed E-state index contributed by atoms with van der Waals surface area (Å²) in [6.45, 7) is 0.0954. The lowest BCUT2D eigenvalue weighted by Gasteiger charge is -2.40. The molecule has 0 unspecified atom stereocenters. The number of ether oxygens (including phenoxy) is 1. The molecule has 7 nitrogen and oxygen atoms in total. The van der Waals surface area contributed by atoms with E-state index in [0.29, 0.717) is 23.1 Å². The molecule has 1 saturated carbocycles. The second kappa shape index (κ2) is 7.31. The Morgan fingerprint density at radius 1 is 1.33 bits per heavy atom. The van der Waals surface area contributed by atoms with Crippen molar-refractivity contribution in [3.05, 3.63) is 18.2 Å². The highest BCUT2D eigenvalue weighted by atomic mass is 32.1. The molecule has 1 fully saturated rings. The fourth-order valence-electron chi connectivity index (χ4n) is 2.78. The fraction of sp³-hybridized carbons (Fsp3) is 0.438. The highest BCUT2D eigenvalue weighted by Crippen LogP contribution is 2.35. The zero-order chi connectivity index (χ0) is 19.7. The topological polar surface area (TPSA) is 92.4 Å². The van der Waals surface area contributed by atoms with Crippen molar-refractivity contribution in [2.75, 3.05) is 18.9 Å². The molecule has 3 N–H and O–H groups in total. The molecule has 3 rings (SSSR count). The lowest BCUT2D eigenvalue weighted by molar-refractivity contribution is -0.274. The molecule has 146 valence electrons. The summed E-state index contributed by atoms with van der Waals surface area (Å²) in [4.78, 5) is 28.7. The van der Waals surface area contributed by atoms with E-state index in [1.54, 1.807) is 7.05 Å². The molecule has 1 aromatic carbocycles. The van der Waals surface area contributed by atoms with Crippen LogP contribution in [0.2, 0.25) is 0 Å². The number of nitrogens with zero attached hydrogens (tertiary/aromatic N) is 1. The Bertz CT molecular complexity index is 864. The minimum absolute atomic E-state index is 0.0954. The normalized spacial score (nSPS) is 15.9. The number of anilines is 1. The standard InChI is InChI=1S/C16H17F3N4O3S/c1-20-8-12(24)23-15(5-2-6-15)13(25)22-14-21-10-4-3-9(7-11(10)27-14)26-16(17,18)19/h3-4,7,20H,2,5-6,8H2,1H3,(H,23,24)(H,21,22,25). The number of carbonyl (C=O) groups excluding carboxylic acids is 2. The van der Waals surface area contributed by atoms with Crippen LogP contribution in [0, 0.1) is 0 Å². The van der Waals surface area contributed by atoms with Gasteiger partial charge in [-0.25, -0.2) is 4.98 Å². The molecule has 2 aromatic rings. The lowest BCUT2D eigenvalue weighted by atomic mass is 9.76. The van der Waals surface area contributed by atoms with Gasteiger partial charge in [0, 0.05) is 6.07 Å². The highest BCUT2D eigenvalue weighted by Gasteiger charge is 2.45. The van der Waals surface area contributed by atoms with E-state index in [1.807, 2.05) is 0 Å². The smallest absolute Gasteiger partial charge is 0.406 e. The Hall–Kier alpha value is -2.40. The van der Waals surface area contributed by atoms with Crippen molar-refractivity contribution in [3.63, 3.8) is 0 Å². The molecule has 11 heteroatoms. The van der Waals surface area contributed by atoms with E-state index < -0.39 is 11.9 Å². The third kappa shape index (κ3) is 4.48. The molecule has 27 heavy (non-hydrogen) atoms. The largest absolute Gasteiger partial charge is 0.573 e. The van der Waals surface area contributed by atoms with E-state index in [-0.39, 0.29) is 29.2 Å². The van der Waals surface area contributed by atoms with Crippen molar-refractivity contribution in [3.8, 4) is 5.75 Å². The van der Waals surface area contributed by atoms with Gasteiger partial charge < -0.3 is 15.4 Å². The van der Waals surface area contributed by atoms with Crippen LogP contribution < -0.4 is 20.7 Å². The van der Waals surface area contributed by atoms with Gasteiger partial charge in [-0.1, -0.05) is 11.3 Å². The van der Waals surface area contributed by atoms with Crippen LogP contribution >= 0.6 is 11.3 Å². The summed E-state index contributed by atoms with van der Waals surface area (Å²) in [5, 5.41) is 8.36. The highest BCUT2D eigenvalue weighted by molar-refractivity contribution is 7.22. The molecule has 0 saturated heterocycles. The van der Waals surface area contributed by atoms with E-state index >= 15 is 0 Å². The second-order valence-corrected chi connectivity index (χ2v) is 7.20. The molecule has 0 spiro atoms. The van der Waals surface area contributed by atoms with Gasteiger partial charge in [-0.15, -0.1) is 13.2 Å². The zero-order valence-corrected chi connectivity index (χ0v) is 15.1. The molecular formula is C16H17F3N4O3S. The van der Waals surface area contributed by atoms with Crippen LogP contribution in [-0.4, -0.2) is 42.3 Å². The molecule has 1 aromatic heterocycles. The van der Waals surface area contributed by atoms with Crippen LogP contribution in [0.3, 0.4) is 0 Å². The van der Waals surface area contributed by atoms with Gasteiger partial charge >= 0.3 is 6.36 Å². The van der Waals surface area contributed by atoms with Gasteiger partial charge in [-0.05, 0) is 38.4 Å². The number of thiazole rings is 1. The first-order valence-corrected chi connectivity index (χ1v) is 8.96. The van der Waals surface area contributed by atoms with Gasteiger partial charge in [0.25, 0.3) is 5.91 Å². The number of carbonyl (C=O) groups is 2. The van der Waals surface area contributed by atoms with Crippen molar-refractivity contribution in [2.24, 2.45) is 0 Å². The maximum absolute atomic E-state index is 12.6. The van der Waals surface area contributed by atoms with E-state index in [0.717, 1.165) is 23.8 Å². The monoisotopic (exact) mass is 402 g/mol. The van der Waals surface area contributed by atoms with Crippen molar-refractivity contribution < 1.29 is 27.5 Å². The van der Waals surface area contributed by atoms with Gasteiger partial charge in [-0.2, -0.15) is 0 Å². The summed E-state index contributed by atoms with van der Waals surface area (Å²) in [6.07, 6.45) is -2.94. The predicted octanol–water partition coefficient (Wildman–Crippen LogP) is 2.39. The second-order valence-electron chi connectivity index (χ2n) is 6.16. The quantitative estimate of drug-likeness (QED) is 0.690. The molecule has 1 aliphatic carbocycles. The first-order valence-electron chi connectivity index (χ1n) is 8.14. The van der Waals surface area contributed by atoms with Crippen LogP contribution in [-0.2, 0) is 9.59 Å². The average Bonchev–Trinajstić information content (AvgIpc) is 2.90. The van der Waals surface area contributed by atoms with Crippen LogP contribution in [0.4, 0.5) is 18.3 Å². The van der Waals surface area contributed by atoms with Crippen LogP contribution in [0.25, 0.3) is 10.2 Å². The summed E-state index contributed by atoms with van der Waals surface area (Å²) >= 11 is 1.03. The summed E-state index contributed by atoms with van der Waals surface area (Å²) in [5.41, 5.74) is -0.539. The van der Waals surface area contributed by atoms with Crippen LogP contribution in [0.1, 0.15) is 19.3 Å². The number of hydrogen-bond acceptors (Lipinski definition) is 6. The minimum Gasteiger partial charge on any atom is -0.406 e. The molecule has 0 bridgehead atoms. The maximum atomic E-state index is 12.6. The maximum Gasteiger partial charge on any atom is 0.573 e. The molecule has 2 amide bonds. The third-order valence-corrected chi connectivity index (χ3v) is 5.11. The van der Waals surface area contributed by atoms with E-state index in [4.69, 9.17) is 0 Å². The number of amides is 2. The van der Waals surface area contributed by atoms with Gasteiger partial charge in [0.1, 0.15) is 11.3 Å². The number of aromatic nitrogens is 1.